The van der Waals surface area contributed by atoms with Crippen LogP contribution in [0.1, 0.15) is 58.1 Å². The third-order valence-corrected chi connectivity index (χ3v) is 4.83. The van der Waals surface area contributed by atoms with Gasteiger partial charge in [0.1, 0.15) is 6.61 Å². The SMILES string of the molecule is C=CCOc1ccc(-c2ccc(/C=C/CCCC(C)OCCCCC)nc2)cc1F. The standard InChI is InChI=1S/C26H34FNO2/c1-4-6-10-18-29-21(3)11-8-7-9-12-24-15-13-23(20-28-24)22-14-16-26(25(27)19-22)30-17-5-2/h5,9,12-16,19-21H,2,4,6-8,10-11,17-18H2,1,3H3/b12-9+. The van der Waals surface area contributed by atoms with Gasteiger partial charge < -0.3 is 9.47 Å². The van der Waals surface area contributed by atoms with Crippen LogP contribution in [0.4, 0.5) is 4.39 Å². The number of pyridine rings is 1. The van der Waals surface area contributed by atoms with Crippen molar-refractivity contribution in [3.8, 4) is 16.9 Å². The normalized spacial score (nSPS) is 12.2. The van der Waals surface area contributed by atoms with E-state index < -0.39 is 0 Å². The Morgan fingerprint density at radius 2 is 1.97 bits per heavy atom. The van der Waals surface area contributed by atoms with Gasteiger partial charge in [-0.05, 0) is 62.4 Å². The number of halogens is 1. The molecule has 30 heavy (non-hydrogen) atoms. The van der Waals surface area contributed by atoms with Crippen molar-refractivity contribution in [1.82, 2.24) is 4.98 Å². The van der Waals surface area contributed by atoms with E-state index in [1.54, 1.807) is 18.3 Å². The molecule has 0 fully saturated rings. The third kappa shape index (κ3) is 8.50. The van der Waals surface area contributed by atoms with E-state index in [0.717, 1.165) is 49.1 Å². The van der Waals surface area contributed by atoms with E-state index in [1.165, 1.54) is 18.9 Å². The fourth-order valence-corrected chi connectivity index (χ4v) is 3.07. The van der Waals surface area contributed by atoms with Crippen molar-refractivity contribution in [2.24, 2.45) is 0 Å². The predicted molar refractivity (Wildman–Crippen MR) is 123 cm³/mol. The lowest BCUT2D eigenvalue weighted by atomic mass is 10.1. The minimum atomic E-state index is -0.387. The van der Waals surface area contributed by atoms with Crippen molar-refractivity contribution in [2.45, 2.75) is 58.5 Å². The summed E-state index contributed by atoms with van der Waals surface area (Å²) in [6.45, 7) is 9.07. The molecule has 1 atom stereocenters. The number of benzene rings is 1. The van der Waals surface area contributed by atoms with E-state index in [4.69, 9.17) is 9.47 Å². The number of rotatable bonds is 14. The molecule has 2 rings (SSSR count). The fourth-order valence-electron chi connectivity index (χ4n) is 3.07. The summed E-state index contributed by atoms with van der Waals surface area (Å²) in [5.74, 6) is -0.159. The molecule has 4 heteroatoms. The summed E-state index contributed by atoms with van der Waals surface area (Å²) >= 11 is 0. The molecule has 162 valence electrons. The summed E-state index contributed by atoms with van der Waals surface area (Å²) in [6, 6.07) is 8.84. The Balaban J connectivity index is 1.77. The first kappa shape index (κ1) is 23.8. The molecule has 0 saturated heterocycles. The van der Waals surface area contributed by atoms with Crippen LogP contribution < -0.4 is 4.74 Å². The molecule has 0 aliphatic carbocycles. The van der Waals surface area contributed by atoms with Gasteiger partial charge >= 0.3 is 0 Å². The monoisotopic (exact) mass is 411 g/mol. The number of unbranched alkanes of at least 4 members (excludes halogenated alkanes) is 3. The lowest BCUT2D eigenvalue weighted by Gasteiger charge is -2.11. The average molecular weight is 412 g/mol. The molecule has 1 heterocycles. The van der Waals surface area contributed by atoms with Crippen LogP contribution in [0, 0.1) is 5.82 Å². The first-order valence-corrected chi connectivity index (χ1v) is 10.9. The largest absolute Gasteiger partial charge is 0.486 e. The van der Waals surface area contributed by atoms with Gasteiger partial charge in [0.25, 0.3) is 0 Å². The predicted octanol–water partition coefficient (Wildman–Crippen LogP) is 7.23. The van der Waals surface area contributed by atoms with Gasteiger partial charge in [0.15, 0.2) is 11.6 Å². The van der Waals surface area contributed by atoms with Gasteiger partial charge in [-0.25, -0.2) is 4.39 Å². The molecule has 0 amide bonds. The number of hydrogen-bond acceptors (Lipinski definition) is 3. The fraction of sp³-hybridized carbons (Fsp3) is 0.423. The van der Waals surface area contributed by atoms with Crippen molar-refractivity contribution in [3.05, 3.63) is 66.8 Å². The maximum atomic E-state index is 14.1. The molecular weight excluding hydrogens is 377 g/mol. The third-order valence-electron chi connectivity index (χ3n) is 4.83. The zero-order valence-electron chi connectivity index (χ0n) is 18.3. The molecule has 1 aromatic carbocycles. The first-order valence-electron chi connectivity index (χ1n) is 10.9. The Kier molecular flexibility index (Phi) is 10.9. The molecule has 0 saturated carbocycles. The zero-order valence-corrected chi connectivity index (χ0v) is 18.3. The molecule has 0 aliphatic heterocycles. The molecule has 1 aromatic heterocycles. The van der Waals surface area contributed by atoms with Crippen LogP contribution in [-0.2, 0) is 4.74 Å². The number of allylic oxidation sites excluding steroid dienone is 1. The van der Waals surface area contributed by atoms with E-state index in [1.807, 2.05) is 24.3 Å². The highest BCUT2D eigenvalue weighted by atomic mass is 19.1. The second-order valence-electron chi connectivity index (χ2n) is 7.44. The highest BCUT2D eigenvalue weighted by Crippen LogP contribution is 2.25. The maximum absolute atomic E-state index is 14.1. The summed E-state index contributed by atoms with van der Waals surface area (Å²) < 4.78 is 25.2. The average Bonchev–Trinajstić information content (AvgIpc) is 2.76. The molecule has 1 unspecified atom stereocenters. The Labute approximate surface area is 180 Å². The van der Waals surface area contributed by atoms with E-state index >= 15 is 0 Å². The van der Waals surface area contributed by atoms with Crippen molar-refractivity contribution in [3.63, 3.8) is 0 Å². The van der Waals surface area contributed by atoms with E-state index in [2.05, 4.69) is 31.5 Å². The molecule has 3 nitrogen and oxygen atoms in total. The highest BCUT2D eigenvalue weighted by Gasteiger charge is 2.06. The lowest BCUT2D eigenvalue weighted by Crippen LogP contribution is -2.08. The van der Waals surface area contributed by atoms with E-state index in [-0.39, 0.29) is 18.2 Å². The van der Waals surface area contributed by atoms with Crippen LogP contribution in [-0.4, -0.2) is 24.3 Å². The van der Waals surface area contributed by atoms with Gasteiger partial charge in [0.2, 0.25) is 0 Å². The van der Waals surface area contributed by atoms with Crippen LogP contribution in [0.3, 0.4) is 0 Å². The van der Waals surface area contributed by atoms with E-state index in [0.29, 0.717) is 6.10 Å². The quantitative estimate of drug-likeness (QED) is 0.243. The van der Waals surface area contributed by atoms with Crippen molar-refractivity contribution in [2.75, 3.05) is 13.2 Å². The number of aromatic nitrogens is 1. The van der Waals surface area contributed by atoms with Gasteiger partial charge in [-0.2, -0.15) is 0 Å². The van der Waals surface area contributed by atoms with Gasteiger partial charge in [0, 0.05) is 18.4 Å². The molecule has 0 aliphatic rings. The summed E-state index contributed by atoms with van der Waals surface area (Å²) in [4.78, 5) is 4.47. The minimum absolute atomic E-state index is 0.229. The Bertz CT molecular complexity index is 786. The van der Waals surface area contributed by atoms with Crippen LogP contribution >= 0.6 is 0 Å². The smallest absolute Gasteiger partial charge is 0.165 e. The van der Waals surface area contributed by atoms with Crippen molar-refractivity contribution < 1.29 is 13.9 Å². The summed E-state index contributed by atoms with van der Waals surface area (Å²) in [7, 11) is 0. The van der Waals surface area contributed by atoms with Crippen molar-refractivity contribution >= 4 is 6.08 Å². The topological polar surface area (TPSA) is 31.4 Å². The minimum Gasteiger partial charge on any atom is -0.486 e. The van der Waals surface area contributed by atoms with Crippen LogP contribution in [0.2, 0.25) is 0 Å². The van der Waals surface area contributed by atoms with E-state index in [9.17, 15) is 4.39 Å². The second kappa shape index (κ2) is 13.7. The number of hydrogen-bond donors (Lipinski definition) is 0. The summed E-state index contributed by atoms with van der Waals surface area (Å²) in [5.41, 5.74) is 2.54. The van der Waals surface area contributed by atoms with Gasteiger partial charge in [0.05, 0.1) is 11.8 Å². The van der Waals surface area contributed by atoms with Crippen molar-refractivity contribution in [1.29, 1.82) is 0 Å². The second-order valence-corrected chi connectivity index (χ2v) is 7.44. The first-order chi connectivity index (χ1) is 14.6. The van der Waals surface area contributed by atoms with Gasteiger partial charge in [-0.3, -0.25) is 4.98 Å². The molecule has 0 spiro atoms. The Hall–Kier alpha value is -2.46. The zero-order chi connectivity index (χ0) is 21.6. The Morgan fingerprint density at radius 3 is 2.67 bits per heavy atom. The van der Waals surface area contributed by atoms with Crippen LogP contribution in [0.15, 0.2) is 55.3 Å². The Morgan fingerprint density at radius 1 is 1.13 bits per heavy atom. The van der Waals surface area contributed by atoms with Crippen LogP contribution in [0.25, 0.3) is 17.2 Å². The van der Waals surface area contributed by atoms with Crippen LogP contribution in [0.5, 0.6) is 5.75 Å². The highest BCUT2D eigenvalue weighted by molar-refractivity contribution is 5.64. The number of ether oxygens (including phenoxy) is 2. The molecule has 2 aromatic rings. The summed E-state index contributed by atoms with van der Waals surface area (Å²) in [5, 5.41) is 0. The molecule has 0 N–H and O–H groups in total. The maximum Gasteiger partial charge on any atom is 0.165 e. The molecule has 0 bridgehead atoms. The van der Waals surface area contributed by atoms with Gasteiger partial charge in [-0.1, -0.05) is 50.6 Å². The summed E-state index contributed by atoms with van der Waals surface area (Å²) in [6.07, 6.45) is 14.7. The lowest BCUT2D eigenvalue weighted by molar-refractivity contribution is 0.0566. The molecule has 0 radical (unpaired) electrons. The number of nitrogens with zero attached hydrogens (tertiary/aromatic N) is 1. The molecular formula is C26H34FNO2. The van der Waals surface area contributed by atoms with Gasteiger partial charge in [-0.15, -0.1) is 0 Å².